The van der Waals surface area contributed by atoms with Crippen LogP contribution in [0.15, 0.2) is 24.3 Å². The number of benzene rings is 1. The maximum Gasteiger partial charge on any atom is 0.249 e. The van der Waals surface area contributed by atoms with E-state index in [0.717, 1.165) is 25.0 Å². The lowest BCUT2D eigenvalue weighted by molar-refractivity contribution is -0.133. The molecule has 1 heterocycles. The van der Waals surface area contributed by atoms with Crippen molar-refractivity contribution < 1.29 is 14.3 Å². The fourth-order valence-corrected chi connectivity index (χ4v) is 2.24. The molecule has 4 nitrogen and oxygen atoms in total. The third-order valence-electron chi connectivity index (χ3n) is 3.64. The lowest BCUT2D eigenvalue weighted by atomic mass is 10.1. The van der Waals surface area contributed by atoms with Gasteiger partial charge in [-0.05, 0) is 37.8 Å². The van der Waals surface area contributed by atoms with Crippen LogP contribution in [0, 0.1) is 6.92 Å². The maximum absolute atomic E-state index is 12.0. The van der Waals surface area contributed by atoms with Gasteiger partial charge in [0.2, 0.25) is 5.91 Å². The third kappa shape index (κ3) is 4.32. The molecule has 1 aromatic carbocycles. The van der Waals surface area contributed by atoms with E-state index in [2.05, 4.69) is 5.32 Å². The molecule has 1 aliphatic heterocycles. The normalized spacial score (nSPS) is 19.8. The maximum atomic E-state index is 12.0. The largest absolute Gasteiger partial charge is 0.376 e. The summed E-state index contributed by atoms with van der Waals surface area (Å²) in [5, 5.41) is 2.91. The average molecular weight is 277 g/mol. The van der Waals surface area contributed by atoms with Gasteiger partial charge in [-0.1, -0.05) is 24.3 Å². The quantitative estimate of drug-likeness (QED) is 0.867. The van der Waals surface area contributed by atoms with Gasteiger partial charge >= 0.3 is 0 Å². The first-order chi connectivity index (χ1) is 9.66. The van der Waals surface area contributed by atoms with Gasteiger partial charge < -0.3 is 14.8 Å². The van der Waals surface area contributed by atoms with Gasteiger partial charge in [0.1, 0.15) is 6.10 Å². The summed E-state index contributed by atoms with van der Waals surface area (Å²) in [5.41, 5.74) is 2.31. The highest BCUT2D eigenvalue weighted by Crippen LogP contribution is 2.13. The zero-order chi connectivity index (χ0) is 14.4. The first kappa shape index (κ1) is 15.0. The van der Waals surface area contributed by atoms with Crippen molar-refractivity contribution >= 4 is 5.91 Å². The summed E-state index contributed by atoms with van der Waals surface area (Å²) in [6.07, 6.45) is 1.82. The molecule has 0 spiro atoms. The van der Waals surface area contributed by atoms with Gasteiger partial charge in [-0.3, -0.25) is 4.79 Å². The smallest absolute Gasteiger partial charge is 0.249 e. The van der Waals surface area contributed by atoms with Gasteiger partial charge in [-0.25, -0.2) is 0 Å². The molecule has 0 aromatic heterocycles. The molecule has 1 aromatic rings. The zero-order valence-corrected chi connectivity index (χ0v) is 12.2. The monoisotopic (exact) mass is 277 g/mol. The van der Waals surface area contributed by atoms with Crippen LogP contribution >= 0.6 is 0 Å². The van der Waals surface area contributed by atoms with Crippen LogP contribution in [0.1, 0.15) is 30.9 Å². The van der Waals surface area contributed by atoms with Crippen LogP contribution in [-0.4, -0.2) is 31.3 Å². The van der Waals surface area contributed by atoms with Crippen LogP contribution in [0.2, 0.25) is 0 Å². The lowest BCUT2D eigenvalue weighted by Crippen LogP contribution is -2.35. The second-order valence-electron chi connectivity index (χ2n) is 5.25. The third-order valence-corrected chi connectivity index (χ3v) is 3.64. The van der Waals surface area contributed by atoms with E-state index in [-0.39, 0.29) is 12.0 Å². The van der Waals surface area contributed by atoms with Crippen molar-refractivity contribution in [3.05, 3.63) is 35.4 Å². The van der Waals surface area contributed by atoms with E-state index < -0.39 is 6.10 Å². The van der Waals surface area contributed by atoms with Gasteiger partial charge in [-0.2, -0.15) is 0 Å². The van der Waals surface area contributed by atoms with E-state index in [9.17, 15) is 4.79 Å². The van der Waals surface area contributed by atoms with E-state index in [4.69, 9.17) is 9.47 Å². The molecular weight excluding hydrogens is 254 g/mol. The van der Waals surface area contributed by atoms with Crippen LogP contribution in [0.25, 0.3) is 0 Å². The Morgan fingerprint density at radius 2 is 2.30 bits per heavy atom. The molecule has 1 aliphatic rings. The summed E-state index contributed by atoms with van der Waals surface area (Å²) in [6, 6.07) is 8.03. The predicted octanol–water partition coefficient (Wildman–Crippen LogP) is 2.20. The Morgan fingerprint density at radius 3 is 3.00 bits per heavy atom. The zero-order valence-electron chi connectivity index (χ0n) is 12.2. The SMILES string of the molecule is Cc1ccccc1CNC(=O)[C@@H](C)OC[C@H]1CCCO1. The summed E-state index contributed by atoms with van der Waals surface area (Å²) in [5.74, 6) is -0.0775. The molecule has 0 saturated carbocycles. The minimum absolute atomic E-state index is 0.0775. The van der Waals surface area contributed by atoms with Crippen LogP contribution < -0.4 is 5.32 Å². The molecule has 1 saturated heterocycles. The predicted molar refractivity (Wildman–Crippen MR) is 77.4 cm³/mol. The summed E-state index contributed by atoms with van der Waals surface area (Å²) < 4.78 is 11.0. The number of nitrogens with one attached hydrogen (secondary N) is 1. The van der Waals surface area contributed by atoms with Gasteiger partial charge in [0.25, 0.3) is 0 Å². The van der Waals surface area contributed by atoms with Crippen molar-refractivity contribution in [3.8, 4) is 0 Å². The Hall–Kier alpha value is -1.39. The van der Waals surface area contributed by atoms with E-state index in [1.165, 1.54) is 5.56 Å². The number of rotatable bonds is 6. The molecule has 2 rings (SSSR count). The van der Waals surface area contributed by atoms with Crippen molar-refractivity contribution in [2.75, 3.05) is 13.2 Å². The van der Waals surface area contributed by atoms with Crippen LogP contribution in [0.3, 0.4) is 0 Å². The molecule has 0 aliphatic carbocycles. The molecule has 1 N–H and O–H groups in total. The number of carbonyl (C=O) groups excluding carboxylic acids is 1. The minimum Gasteiger partial charge on any atom is -0.376 e. The highest BCUT2D eigenvalue weighted by molar-refractivity contribution is 5.80. The second-order valence-corrected chi connectivity index (χ2v) is 5.25. The van der Waals surface area contributed by atoms with Crippen molar-refractivity contribution in [2.24, 2.45) is 0 Å². The molecule has 0 unspecified atom stereocenters. The summed E-state index contributed by atoms with van der Waals surface area (Å²) in [4.78, 5) is 12.0. The Labute approximate surface area is 120 Å². The summed E-state index contributed by atoms with van der Waals surface area (Å²) in [7, 11) is 0. The van der Waals surface area contributed by atoms with Crippen LogP contribution in [0.5, 0.6) is 0 Å². The van der Waals surface area contributed by atoms with Crippen LogP contribution in [-0.2, 0) is 20.8 Å². The molecule has 0 bridgehead atoms. The van der Waals surface area contributed by atoms with Crippen molar-refractivity contribution in [1.29, 1.82) is 0 Å². The molecular formula is C16H23NO3. The highest BCUT2D eigenvalue weighted by Gasteiger charge is 2.19. The fraction of sp³-hybridized carbons (Fsp3) is 0.562. The number of amides is 1. The number of carbonyl (C=O) groups is 1. The molecule has 2 atom stereocenters. The molecule has 20 heavy (non-hydrogen) atoms. The van der Waals surface area contributed by atoms with Crippen molar-refractivity contribution in [3.63, 3.8) is 0 Å². The van der Waals surface area contributed by atoms with Crippen LogP contribution in [0.4, 0.5) is 0 Å². The molecule has 0 radical (unpaired) electrons. The standard InChI is InChI=1S/C16H23NO3/c1-12-6-3-4-7-14(12)10-17-16(18)13(2)20-11-15-8-5-9-19-15/h3-4,6-7,13,15H,5,8-11H2,1-2H3,(H,17,18)/t13-,15-/m1/s1. The number of hydrogen-bond donors (Lipinski definition) is 1. The van der Waals surface area contributed by atoms with Gasteiger partial charge in [-0.15, -0.1) is 0 Å². The van der Waals surface area contributed by atoms with Crippen molar-refractivity contribution in [1.82, 2.24) is 5.32 Å². The minimum atomic E-state index is -0.441. The second kappa shape index (κ2) is 7.41. The first-order valence-electron chi connectivity index (χ1n) is 7.22. The summed E-state index contributed by atoms with van der Waals surface area (Å²) in [6.45, 7) is 5.67. The Kier molecular flexibility index (Phi) is 5.56. The van der Waals surface area contributed by atoms with Gasteiger partial charge in [0, 0.05) is 13.2 Å². The van der Waals surface area contributed by atoms with Crippen molar-refractivity contribution in [2.45, 2.75) is 45.4 Å². The van der Waals surface area contributed by atoms with Gasteiger partial charge in [0.15, 0.2) is 0 Å². The first-order valence-corrected chi connectivity index (χ1v) is 7.22. The number of ether oxygens (including phenoxy) is 2. The highest BCUT2D eigenvalue weighted by atomic mass is 16.5. The number of hydrogen-bond acceptors (Lipinski definition) is 3. The van der Waals surface area contributed by atoms with Gasteiger partial charge in [0.05, 0.1) is 12.7 Å². The topological polar surface area (TPSA) is 47.6 Å². The van der Waals surface area contributed by atoms with E-state index >= 15 is 0 Å². The Bertz CT molecular complexity index is 441. The van der Waals surface area contributed by atoms with E-state index in [0.29, 0.717) is 13.2 Å². The number of aryl methyl sites for hydroxylation is 1. The van der Waals surface area contributed by atoms with E-state index in [1.807, 2.05) is 31.2 Å². The molecule has 1 amide bonds. The fourth-order valence-electron chi connectivity index (χ4n) is 2.24. The molecule has 1 fully saturated rings. The average Bonchev–Trinajstić information content (AvgIpc) is 2.97. The summed E-state index contributed by atoms with van der Waals surface area (Å²) >= 11 is 0. The molecule has 110 valence electrons. The lowest BCUT2D eigenvalue weighted by Gasteiger charge is -2.16. The molecule has 4 heteroatoms. The van der Waals surface area contributed by atoms with E-state index in [1.54, 1.807) is 6.92 Å². The Morgan fingerprint density at radius 1 is 1.50 bits per heavy atom. The Balaban J connectivity index is 1.72.